The largest absolute Gasteiger partial charge is 0.452 e. The third-order valence-corrected chi connectivity index (χ3v) is 14.4. The summed E-state index contributed by atoms with van der Waals surface area (Å²) >= 11 is 0. The standard InChI is InChI=1S/C24H34O3Si2/c1-28(2,22-13-9-6-10-14-22)27-29(3,4)24-16-15-21(17-25)23(24)19-26-18-20-11-7-5-8-12-20/h5-15,23-25H,16-19H2,1-4H3/t23-,24-/m0/s1. The highest BCUT2D eigenvalue weighted by molar-refractivity contribution is 6.92. The molecule has 0 saturated carbocycles. The Morgan fingerprint density at radius 1 is 0.931 bits per heavy atom. The van der Waals surface area contributed by atoms with Crippen molar-refractivity contribution in [3.05, 3.63) is 77.9 Å². The SMILES string of the molecule is C[Si](C)(O[Si](C)(C)[C@H]1CC=C(CO)[C@@H]1COCc1ccccc1)c1ccccc1. The third kappa shape index (κ3) is 5.55. The first kappa shape index (κ1) is 22.2. The van der Waals surface area contributed by atoms with Gasteiger partial charge in [-0.2, -0.15) is 0 Å². The van der Waals surface area contributed by atoms with Gasteiger partial charge in [-0.3, -0.25) is 0 Å². The third-order valence-electron chi connectivity index (χ3n) is 6.07. The van der Waals surface area contributed by atoms with E-state index in [0.29, 0.717) is 18.8 Å². The van der Waals surface area contributed by atoms with E-state index in [2.05, 4.69) is 74.7 Å². The van der Waals surface area contributed by atoms with Crippen LogP contribution in [-0.4, -0.2) is 35.0 Å². The first-order chi connectivity index (χ1) is 13.8. The maximum Gasteiger partial charge on any atom is 0.205 e. The van der Waals surface area contributed by atoms with Crippen molar-refractivity contribution < 1.29 is 14.0 Å². The molecular formula is C24H34O3Si2. The first-order valence-corrected chi connectivity index (χ1v) is 16.4. The second kappa shape index (κ2) is 9.54. The van der Waals surface area contributed by atoms with Crippen LogP contribution in [0.4, 0.5) is 0 Å². The molecule has 0 fully saturated rings. The van der Waals surface area contributed by atoms with E-state index in [1.165, 1.54) is 10.8 Å². The topological polar surface area (TPSA) is 38.7 Å². The van der Waals surface area contributed by atoms with E-state index in [0.717, 1.165) is 12.0 Å². The Labute approximate surface area is 177 Å². The number of hydrogen-bond donors (Lipinski definition) is 1. The second-order valence-corrected chi connectivity index (χ2v) is 17.3. The van der Waals surface area contributed by atoms with Gasteiger partial charge in [-0.25, -0.2) is 0 Å². The van der Waals surface area contributed by atoms with Crippen molar-refractivity contribution in [1.82, 2.24) is 0 Å². The summed E-state index contributed by atoms with van der Waals surface area (Å²) in [6.07, 6.45) is 3.20. The predicted molar refractivity (Wildman–Crippen MR) is 125 cm³/mol. The Bertz CT molecular complexity index is 803. The minimum atomic E-state index is -2.02. The number of rotatable bonds is 9. The van der Waals surface area contributed by atoms with Crippen LogP contribution in [0.3, 0.4) is 0 Å². The Hall–Kier alpha value is -1.51. The highest BCUT2D eigenvalue weighted by atomic mass is 28.4. The summed E-state index contributed by atoms with van der Waals surface area (Å²) in [5.74, 6) is 0.242. The van der Waals surface area contributed by atoms with Gasteiger partial charge < -0.3 is 14.0 Å². The molecule has 3 rings (SSSR count). The van der Waals surface area contributed by atoms with Crippen LogP contribution in [0.2, 0.25) is 31.7 Å². The lowest BCUT2D eigenvalue weighted by Crippen LogP contribution is -2.55. The van der Waals surface area contributed by atoms with Gasteiger partial charge in [0.15, 0.2) is 8.32 Å². The molecule has 0 aliphatic heterocycles. The lowest BCUT2D eigenvalue weighted by atomic mass is 10.0. The van der Waals surface area contributed by atoms with Crippen LogP contribution in [-0.2, 0) is 15.5 Å². The minimum Gasteiger partial charge on any atom is -0.452 e. The molecule has 3 nitrogen and oxygen atoms in total. The Balaban J connectivity index is 1.69. The first-order valence-electron chi connectivity index (χ1n) is 10.5. The number of benzene rings is 2. The number of ether oxygens (including phenoxy) is 1. The molecule has 2 aromatic carbocycles. The van der Waals surface area contributed by atoms with Gasteiger partial charge in [0.25, 0.3) is 0 Å². The van der Waals surface area contributed by atoms with Gasteiger partial charge in [0.1, 0.15) is 0 Å². The van der Waals surface area contributed by atoms with Crippen LogP contribution >= 0.6 is 0 Å². The summed E-state index contributed by atoms with van der Waals surface area (Å²) in [6, 6.07) is 20.9. The lowest BCUT2D eigenvalue weighted by Gasteiger charge is -2.40. The Morgan fingerprint density at radius 2 is 1.55 bits per heavy atom. The van der Waals surface area contributed by atoms with Crippen LogP contribution in [0.15, 0.2) is 72.3 Å². The van der Waals surface area contributed by atoms with Crippen molar-refractivity contribution in [3.63, 3.8) is 0 Å². The summed E-state index contributed by atoms with van der Waals surface area (Å²) in [5, 5.41) is 11.2. The Morgan fingerprint density at radius 3 is 2.17 bits per heavy atom. The van der Waals surface area contributed by atoms with Crippen LogP contribution in [0.25, 0.3) is 0 Å². The van der Waals surface area contributed by atoms with Gasteiger partial charge in [-0.05, 0) is 54.5 Å². The highest BCUT2D eigenvalue weighted by Gasteiger charge is 2.46. The van der Waals surface area contributed by atoms with Crippen molar-refractivity contribution in [2.75, 3.05) is 13.2 Å². The van der Waals surface area contributed by atoms with Crippen molar-refractivity contribution >= 4 is 21.8 Å². The molecular weight excluding hydrogens is 392 g/mol. The quantitative estimate of drug-likeness (QED) is 0.460. The van der Waals surface area contributed by atoms with Crippen LogP contribution in [0.1, 0.15) is 12.0 Å². The average Bonchev–Trinajstić information content (AvgIpc) is 3.13. The molecule has 1 aliphatic carbocycles. The maximum atomic E-state index is 9.91. The lowest BCUT2D eigenvalue weighted by molar-refractivity contribution is 0.0920. The molecule has 2 aromatic rings. The molecule has 1 aliphatic rings. The zero-order chi connectivity index (χ0) is 20.9. The minimum absolute atomic E-state index is 0.111. The van der Waals surface area contributed by atoms with Crippen molar-refractivity contribution in [2.24, 2.45) is 5.92 Å². The number of hydrogen-bond acceptors (Lipinski definition) is 3. The van der Waals surface area contributed by atoms with Gasteiger partial charge in [-0.15, -0.1) is 0 Å². The predicted octanol–water partition coefficient (Wildman–Crippen LogP) is 4.85. The molecule has 156 valence electrons. The molecule has 0 aromatic heterocycles. The fourth-order valence-electron chi connectivity index (χ4n) is 4.54. The summed E-state index contributed by atoms with van der Waals surface area (Å²) < 4.78 is 13.1. The maximum absolute atomic E-state index is 9.91. The molecule has 0 spiro atoms. The van der Waals surface area contributed by atoms with Crippen LogP contribution in [0.5, 0.6) is 0 Å². The number of allylic oxidation sites excluding steroid dienone is 1. The fourth-order valence-corrected chi connectivity index (χ4v) is 13.8. The zero-order valence-corrected chi connectivity index (χ0v) is 20.1. The molecule has 0 radical (unpaired) electrons. The molecule has 0 amide bonds. The smallest absolute Gasteiger partial charge is 0.205 e. The molecule has 2 atom stereocenters. The summed E-state index contributed by atoms with van der Waals surface area (Å²) in [7, 11) is -4.01. The van der Waals surface area contributed by atoms with E-state index in [4.69, 9.17) is 8.85 Å². The molecule has 5 heteroatoms. The molecule has 0 unspecified atom stereocenters. The average molecular weight is 427 g/mol. The van der Waals surface area contributed by atoms with Gasteiger partial charge in [-0.1, -0.05) is 66.7 Å². The van der Waals surface area contributed by atoms with Gasteiger partial charge in [0, 0.05) is 5.92 Å². The molecule has 1 N–H and O–H groups in total. The van der Waals surface area contributed by atoms with Gasteiger partial charge in [0.2, 0.25) is 8.32 Å². The monoisotopic (exact) mass is 426 g/mol. The second-order valence-electron chi connectivity index (χ2n) is 8.97. The molecule has 0 saturated heterocycles. The highest BCUT2D eigenvalue weighted by Crippen LogP contribution is 2.44. The fraction of sp³-hybridized carbons (Fsp3) is 0.417. The number of aliphatic hydroxyl groups excluding tert-OH is 1. The van der Waals surface area contributed by atoms with Gasteiger partial charge in [0.05, 0.1) is 19.8 Å². The van der Waals surface area contributed by atoms with E-state index in [1.54, 1.807) is 0 Å². The van der Waals surface area contributed by atoms with E-state index in [1.807, 2.05) is 18.2 Å². The summed E-state index contributed by atoms with van der Waals surface area (Å²) in [4.78, 5) is 0. The van der Waals surface area contributed by atoms with Crippen molar-refractivity contribution in [1.29, 1.82) is 0 Å². The molecule has 29 heavy (non-hydrogen) atoms. The van der Waals surface area contributed by atoms with Crippen molar-refractivity contribution in [2.45, 2.75) is 44.8 Å². The number of aliphatic hydroxyl groups is 1. The Kier molecular flexibility index (Phi) is 7.29. The summed E-state index contributed by atoms with van der Waals surface area (Å²) in [5.41, 5.74) is 2.73. The van der Waals surface area contributed by atoms with E-state index in [9.17, 15) is 5.11 Å². The van der Waals surface area contributed by atoms with Crippen LogP contribution in [0, 0.1) is 5.92 Å². The van der Waals surface area contributed by atoms with E-state index in [-0.39, 0.29) is 12.5 Å². The van der Waals surface area contributed by atoms with Crippen LogP contribution < -0.4 is 5.19 Å². The zero-order valence-electron chi connectivity index (χ0n) is 18.1. The van der Waals surface area contributed by atoms with E-state index < -0.39 is 16.6 Å². The normalized spacial score (nSPS) is 20.0. The van der Waals surface area contributed by atoms with Crippen molar-refractivity contribution in [3.8, 4) is 0 Å². The van der Waals surface area contributed by atoms with E-state index >= 15 is 0 Å². The van der Waals surface area contributed by atoms with Gasteiger partial charge >= 0.3 is 0 Å². The molecule has 0 bridgehead atoms. The summed E-state index contributed by atoms with van der Waals surface area (Å²) in [6.45, 7) is 10.6. The molecule has 0 heterocycles.